The molecule has 2 fully saturated rings. The predicted molar refractivity (Wildman–Crippen MR) is 131 cm³/mol. The molecule has 0 saturated heterocycles. The Morgan fingerprint density at radius 3 is 2.14 bits per heavy atom. The molecule has 7 nitrogen and oxygen atoms in total. The number of amides is 2. The van der Waals surface area contributed by atoms with E-state index >= 15 is 0 Å². The molecule has 7 heteroatoms. The Morgan fingerprint density at radius 2 is 1.54 bits per heavy atom. The molecule has 0 spiro atoms. The second-order valence-electron chi connectivity index (χ2n) is 10.0. The van der Waals surface area contributed by atoms with Crippen molar-refractivity contribution in [2.75, 3.05) is 13.2 Å². The zero-order valence-corrected chi connectivity index (χ0v) is 19.7. The molecule has 35 heavy (non-hydrogen) atoms. The molecule has 0 aliphatic heterocycles. The van der Waals surface area contributed by atoms with Crippen LogP contribution < -0.4 is 10.6 Å². The molecule has 0 bridgehead atoms. The number of alkyl carbamates (subject to hydrolysis) is 1. The number of benzene rings is 2. The van der Waals surface area contributed by atoms with Crippen molar-refractivity contribution in [3.63, 3.8) is 0 Å². The van der Waals surface area contributed by atoms with Gasteiger partial charge in [-0.25, -0.2) is 9.59 Å². The van der Waals surface area contributed by atoms with Gasteiger partial charge in [0.05, 0.1) is 0 Å². The van der Waals surface area contributed by atoms with Gasteiger partial charge >= 0.3 is 12.1 Å². The first-order valence-corrected chi connectivity index (χ1v) is 12.6. The second-order valence-corrected chi connectivity index (χ2v) is 10.0. The van der Waals surface area contributed by atoms with E-state index in [1.54, 1.807) is 0 Å². The number of carboxylic acids is 1. The number of carbonyl (C=O) groups excluding carboxylic acids is 2. The summed E-state index contributed by atoms with van der Waals surface area (Å²) in [7, 11) is 0. The lowest BCUT2D eigenvalue weighted by atomic mass is 9.79. The van der Waals surface area contributed by atoms with Crippen LogP contribution in [-0.4, -0.2) is 42.3 Å². The van der Waals surface area contributed by atoms with Crippen LogP contribution in [0.4, 0.5) is 4.79 Å². The maximum atomic E-state index is 12.9. The molecule has 5 rings (SSSR count). The molecule has 2 saturated carbocycles. The zero-order valence-electron chi connectivity index (χ0n) is 19.7. The van der Waals surface area contributed by atoms with Crippen molar-refractivity contribution in [3.8, 4) is 11.1 Å². The van der Waals surface area contributed by atoms with Crippen molar-refractivity contribution in [1.82, 2.24) is 10.6 Å². The van der Waals surface area contributed by atoms with Crippen molar-refractivity contribution in [3.05, 3.63) is 59.7 Å². The van der Waals surface area contributed by atoms with Crippen molar-refractivity contribution in [2.45, 2.75) is 50.5 Å². The lowest BCUT2D eigenvalue weighted by Gasteiger charge is -2.32. The monoisotopic (exact) mass is 476 g/mol. The van der Waals surface area contributed by atoms with E-state index in [1.807, 2.05) is 24.3 Å². The van der Waals surface area contributed by atoms with Crippen LogP contribution in [0.5, 0.6) is 0 Å². The molecule has 3 aliphatic carbocycles. The molecule has 3 N–H and O–H groups in total. The summed E-state index contributed by atoms with van der Waals surface area (Å²) >= 11 is 0. The first kappa shape index (κ1) is 23.4. The SMILES string of the molecule is O=C(NC[C@@H]1CCC[C@@H]1C(=O)NC(C(=O)O)C1CCC1)OCC1c2ccccc2-c2ccccc21. The fourth-order valence-corrected chi connectivity index (χ4v) is 5.90. The van der Waals surface area contributed by atoms with E-state index in [1.165, 1.54) is 11.1 Å². The van der Waals surface area contributed by atoms with Gasteiger partial charge in [0.25, 0.3) is 0 Å². The van der Waals surface area contributed by atoms with Gasteiger partial charge in [0.1, 0.15) is 12.6 Å². The lowest BCUT2D eigenvalue weighted by molar-refractivity contribution is -0.145. The van der Waals surface area contributed by atoms with E-state index in [4.69, 9.17) is 4.74 Å². The van der Waals surface area contributed by atoms with Crippen LogP contribution >= 0.6 is 0 Å². The number of hydrogen-bond acceptors (Lipinski definition) is 4. The largest absolute Gasteiger partial charge is 0.480 e. The van der Waals surface area contributed by atoms with E-state index in [0.717, 1.165) is 43.2 Å². The average Bonchev–Trinajstić information content (AvgIpc) is 3.42. The zero-order chi connectivity index (χ0) is 24.4. The third-order valence-electron chi connectivity index (χ3n) is 8.03. The minimum Gasteiger partial charge on any atom is -0.480 e. The fraction of sp³-hybridized carbons (Fsp3) is 0.464. The molecule has 2 aromatic carbocycles. The van der Waals surface area contributed by atoms with E-state index in [-0.39, 0.29) is 36.2 Å². The Bertz CT molecular complexity index is 1070. The van der Waals surface area contributed by atoms with E-state index in [2.05, 4.69) is 34.9 Å². The highest BCUT2D eigenvalue weighted by molar-refractivity contribution is 5.85. The maximum absolute atomic E-state index is 12.9. The van der Waals surface area contributed by atoms with Crippen LogP contribution in [-0.2, 0) is 14.3 Å². The normalized spacial score (nSPS) is 21.9. The second kappa shape index (κ2) is 10.1. The first-order valence-electron chi connectivity index (χ1n) is 12.6. The third kappa shape index (κ3) is 4.77. The van der Waals surface area contributed by atoms with E-state index < -0.39 is 18.1 Å². The first-order chi connectivity index (χ1) is 17.0. The van der Waals surface area contributed by atoms with Crippen LogP contribution in [0.1, 0.15) is 55.6 Å². The lowest BCUT2D eigenvalue weighted by Crippen LogP contribution is -2.50. The summed E-state index contributed by atoms with van der Waals surface area (Å²) in [6.07, 6.45) is 4.62. The topological polar surface area (TPSA) is 105 Å². The van der Waals surface area contributed by atoms with Crippen LogP contribution in [0, 0.1) is 17.8 Å². The third-order valence-corrected chi connectivity index (χ3v) is 8.03. The summed E-state index contributed by atoms with van der Waals surface area (Å²) in [6, 6.07) is 15.6. The fourth-order valence-electron chi connectivity index (χ4n) is 5.90. The summed E-state index contributed by atoms with van der Waals surface area (Å²) in [5, 5.41) is 15.1. The molecule has 184 valence electrons. The van der Waals surface area contributed by atoms with Gasteiger partial charge in [-0.1, -0.05) is 61.4 Å². The molecule has 2 aromatic rings. The van der Waals surface area contributed by atoms with Crippen LogP contribution in [0.3, 0.4) is 0 Å². The molecule has 3 atom stereocenters. The molecule has 3 aliphatic rings. The minimum absolute atomic E-state index is 0.00221. The summed E-state index contributed by atoms with van der Waals surface area (Å²) in [4.78, 5) is 37.1. The highest BCUT2D eigenvalue weighted by atomic mass is 16.5. The molecule has 0 radical (unpaired) electrons. The van der Waals surface area contributed by atoms with Crippen molar-refractivity contribution in [2.24, 2.45) is 17.8 Å². The quantitative estimate of drug-likeness (QED) is 0.527. The highest BCUT2D eigenvalue weighted by Gasteiger charge is 2.39. The average molecular weight is 477 g/mol. The van der Waals surface area contributed by atoms with Gasteiger partial charge in [0.2, 0.25) is 5.91 Å². The number of fused-ring (bicyclic) bond motifs is 3. The minimum atomic E-state index is -0.964. The Morgan fingerprint density at radius 1 is 0.914 bits per heavy atom. The Kier molecular flexibility index (Phi) is 6.75. The van der Waals surface area contributed by atoms with Gasteiger partial charge in [-0.2, -0.15) is 0 Å². The van der Waals surface area contributed by atoms with E-state index in [0.29, 0.717) is 13.0 Å². The predicted octanol–water partition coefficient (Wildman–Crippen LogP) is 4.31. The molecule has 0 heterocycles. The number of carbonyl (C=O) groups is 3. The summed E-state index contributed by atoms with van der Waals surface area (Å²) in [5.74, 6) is -1.46. The molecule has 1 unspecified atom stereocenters. The van der Waals surface area contributed by atoms with Crippen LogP contribution in [0.2, 0.25) is 0 Å². The van der Waals surface area contributed by atoms with Gasteiger partial charge in [0.15, 0.2) is 0 Å². The summed E-state index contributed by atoms with van der Waals surface area (Å²) < 4.78 is 5.62. The van der Waals surface area contributed by atoms with Gasteiger partial charge in [-0.3, -0.25) is 4.79 Å². The molecule has 0 aromatic heterocycles. The molecular formula is C28H32N2O5. The Hall–Kier alpha value is -3.35. The van der Waals surface area contributed by atoms with Gasteiger partial charge in [-0.05, 0) is 59.8 Å². The van der Waals surface area contributed by atoms with Gasteiger partial charge < -0.3 is 20.5 Å². The number of carboxylic acid groups (broad SMARTS) is 1. The molecule has 2 amide bonds. The van der Waals surface area contributed by atoms with Gasteiger partial charge in [-0.15, -0.1) is 0 Å². The summed E-state index contributed by atoms with van der Waals surface area (Å²) in [6.45, 7) is 0.589. The Balaban J connectivity index is 1.14. The number of nitrogens with one attached hydrogen (secondary N) is 2. The molecular weight excluding hydrogens is 444 g/mol. The maximum Gasteiger partial charge on any atom is 0.407 e. The Labute approximate surface area is 205 Å². The number of ether oxygens (including phenoxy) is 1. The smallest absolute Gasteiger partial charge is 0.407 e. The van der Waals surface area contributed by atoms with Gasteiger partial charge in [0, 0.05) is 18.4 Å². The number of aliphatic carboxylic acids is 1. The van der Waals surface area contributed by atoms with Crippen molar-refractivity contribution < 1.29 is 24.2 Å². The van der Waals surface area contributed by atoms with Crippen LogP contribution in [0.25, 0.3) is 11.1 Å². The number of hydrogen-bond donors (Lipinski definition) is 3. The van der Waals surface area contributed by atoms with Crippen molar-refractivity contribution in [1.29, 1.82) is 0 Å². The van der Waals surface area contributed by atoms with Crippen molar-refractivity contribution >= 4 is 18.0 Å². The summed E-state index contributed by atoms with van der Waals surface area (Å²) in [5.41, 5.74) is 4.68. The van der Waals surface area contributed by atoms with Crippen LogP contribution in [0.15, 0.2) is 48.5 Å². The van der Waals surface area contributed by atoms with E-state index in [9.17, 15) is 19.5 Å². The highest BCUT2D eigenvalue weighted by Crippen LogP contribution is 2.44. The number of rotatable bonds is 8. The standard InChI is InChI=1S/C28H32N2O5/c31-26(30-25(27(32)33)17-7-5-8-17)19-14-6-9-18(19)15-29-28(34)35-16-24-22-12-3-1-10-20(22)21-11-2-4-13-23(21)24/h1-4,10-13,17-19,24-25H,5-9,14-16H2,(H,29,34)(H,30,31)(H,32,33)/t18-,19-,25?/m0/s1.